The van der Waals surface area contributed by atoms with Gasteiger partial charge in [0, 0.05) is 25.3 Å². The molecule has 1 atom stereocenters. The summed E-state index contributed by atoms with van der Waals surface area (Å²) in [4.78, 5) is 26.7. The number of nitrogens with zero attached hydrogens (tertiary/aromatic N) is 1. The highest BCUT2D eigenvalue weighted by Gasteiger charge is 2.26. The third-order valence-electron chi connectivity index (χ3n) is 5.01. The summed E-state index contributed by atoms with van der Waals surface area (Å²) in [5.41, 5.74) is 1.16. The first-order chi connectivity index (χ1) is 14.6. The average molecular weight is 415 g/mol. The minimum Gasteiger partial charge on any atom is -0.454 e. The molecule has 2 amide bonds. The number of amides is 2. The van der Waals surface area contributed by atoms with E-state index in [1.54, 1.807) is 0 Å². The van der Waals surface area contributed by atoms with Gasteiger partial charge < -0.3 is 24.8 Å². The first kappa shape index (κ1) is 20.1. The second-order valence-electron chi connectivity index (χ2n) is 6.95. The maximum absolute atomic E-state index is 13.3. The van der Waals surface area contributed by atoms with Gasteiger partial charge in [-0.1, -0.05) is 12.1 Å². The van der Waals surface area contributed by atoms with Crippen LogP contribution in [0.3, 0.4) is 0 Å². The van der Waals surface area contributed by atoms with Gasteiger partial charge in [0.15, 0.2) is 11.5 Å². The molecule has 9 heteroatoms. The summed E-state index contributed by atoms with van der Waals surface area (Å²) in [5, 5.41) is 5.08. The Kier molecular flexibility index (Phi) is 6.10. The highest BCUT2D eigenvalue weighted by molar-refractivity contribution is 6.39. The van der Waals surface area contributed by atoms with E-state index in [0.29, 0.717) is 37.8 Å². The lowest BCUT2D eigenvalue weighted by molar-refractivity contribution is -0.136. The summed E-state index contributed by atoms with van der Waals surface area (Å²) in [7, 11) is 0. The second-order valence-corrected chi connectivity index (χ2v) is 6.95. The van der Waals surface area contributed by atoms with Gasteiger partial charge in [0.05, 0.1) is 19.3 Å². The van der Waals surface area contributed by atoms with Crippen LogP contribution < -0.4 is 20.1 Å². The molecule has 2 heterocycles. The van der Waals surface area contributed by atoms with E-state index in [1.165, 1.54) is 18.2 Å². The quantitative estimate of drug-likeness (QED) is 0.723. The number of hydrogen-bond acceptors (Lipinski definition) is 6. The highest BCUT2D eigenvalue weighted by atomic mass is 19.1. The summed E-state index contributed by atoms with van der Waals surface area (Å²) in [6.45, 7) is 2.98. The molecule has 1 saturated heterocycles. The fourth-order valence-corrected chi connectivity index (χ4v) is 3.49. The first-order valence-electron chi connectivity index (χ1n) is 9.66. The van der Waals surface area contributed by atoms with E-state index in [9.17, 15) is 14.0 Å². The lowest BCUT2D eigenvalue weighted by Gasteiger charge is -2.34. The van der Waals surface area contributed by atoms with Crippen molar-refractivity contribution in [2.45, 2.75) is 6.04 Å². The van der Waals surface area contributed by atoms with Crippen molar-refractivity contribution in [1.29, 1.82) is 0 Å². The molecule has 158 valence electrons. The molecule has 1 fully saturated rings. The number of carbonyl (C=O) groups is 2. The zero-order chi connectivity index (χ0) is 20.9. The van der Waals surface area contributed by atoms with Crippen molar-refractivity contribution in [3.63, 3.8) is 0 Å². The molecule has 0 aliphatic carbocycles. The van der Waals surface area contributed by atoms with Gasteiger partial charge >= 0.3 is 11.8 Å². The van der Waals surface area contributed by atoms with Crippen LogP contribution in [-0.4, -0.2) is 56.4 Å². The predicted molar refractivity (Wildman–Crippen MR) is 106 cm³/mol. The zero-order valence-electron chi connectivity index (χ0n) is 16.2. The monoisotopic (exact) mass is 415 g/mol. The van der Waals surface area contributed by atoms with Gasteiger partial charge in [-0.15, -0.1) is 0 Å². The number of nitrogens with one attached hydrogen (secondary N) is 2. The average Bonchev–Trinajstić information content (AvgIpc) is 3.22. The Balaban J connectivity index is 1.43. The molecule has 0 unspecified atom stereocenters. The van der Waals surface area contributed by atoms with Gasteiger partial charge in [0.25, 0.3) is 0 Å². The number of hydrogen-bond donors (Lipinski definition) is 2. The van der Waals surface area contributed by atoms with Crippen LogP contribution in [0.2, 0.25) is 0 Å². The van der Waals surface area contributed by atoms with Gasteiger partial charge in [-0.25, -0.2) is 4.39 Å². The topological polar surface area (TPSA) is 89.1 Å². The Morgan fingerprint density at radius 1 is 1.03 bits per heavy atom. The number of carbonyl (C=O) groups excluding carboxylic acids is 2. The van der Waals surface area contributed by atoms with Crippen molar-refractivity contribution in [3.05, 3.63) is 53.8 Å². The molecule has 4 rings (SSSR count). The lowest BCUT2D eigenvalue weighted by atomic mass is 10.0. The third kappa shape index (κ3) is 4.69. The molecular formula is C21H22FN3O5. The van der Waals surface area contributed by atoms with Gasteiger partial charge in [-0.05, 0) is 35.9 Å². The smallest absolute Gasteiger partial charge is 0.313 e. The van der Waals surface area contributed by atoms with Crippen LogP contribution in [0.1, 0.15) is 11.6 Å². The normalized spacial score (nSPS) is 16.7. The van der Waals surface area contributed by atoms with E-state index in [-0.39, 0.29) is 25.1 Å². The zero-order valence-corrected chi connectivity index (χ0v) is 16.2. The van der Waals surface area contributed by atoms with Crippen LogP contribution in [0.25, 0.3) is 0 Å². The Morgan fingerprint density at radius 2 is 1.83 bits per heavy atom. The SMILES string of the molecule is O=C(NC[C@@H](c1ccc2c(c1)OCO2)N1CCOCC1)C(=O)Nc1cccc(F)c1. The summed E-state index contributed by atoms with van der Waals surface area (Å²) in [6, 6.07) is 10.9. The number of rotatable bonds is 5. The van der Waals surface area contributed by atoms with Crippen LogP contribution in [0.5, 0.6) is 11.5 Å². The molecule has 0 saturated carbocycles. The molecule has 8 nitrogen and oxygen atoms in total. The van der Waals surface area contributed by atoms with E-state index in [0.717, 1.165) is 11.6 Å². The Bertz CT molecular complexity index is 933. The molecule has 0 bridgehead atoms. The van der Waals surface area contributed by atoms with Gasteiger partial charge in [-0.2, -0.15) is 0 Å². The van der Waals surface area contributed by atoms with Crippen LogP contribution in [0.4, 0.5) is 10.1 Å². The number of halogens is 1. The summed E-state index contributed by atoms with van der Waals surface area (Å²) in [6.07, 6.45) is 0. The minimum absolute atomic E-state index is 0.172. The molecule has 2 N–H and O–H groups in total. The third-order valence-corrected chi connectivity index (χ3v) is 5.01. The van der Waals surface area contributed by atoms with E-state index in [1.807, 2.05) is 18.2 Å². The standard InChI is InChI=1S/C21H22FN3O5/c22-15-2-1-3-16(11-15)24-21(27)20(26)23-12-17(25-6-8-28-9-7-25)14-4-5-18-19(10-14)30-13-29-18/h1-5,10-11,17H,6-9,12-13H2,(H,23,26)(H,24,27)/t17-/m0/s1. The molecule has 2 aliphatic rings. The van der Waals surface area contributed by atoms with Crippen molar-refractivity contribution in [2.75, 3.05) is 45.0 Å². The number of ether oxygens (including phenoxy) is 3. The maximum Gasteiger partial charge on any atom is 0.313 e. The van der Waals surface area contributed by atoms with Crippen LogP contribution in [0.15, 0.2) is 42.5 Å². The second kappa shape index (κ2) is 9.10. The first-order valence-corrected chi connectivity index (χ1v) is 9.66. The van der Waals surface area contributed by atoms with Crippen molar-refractivity contribution in [1.82, 2.24) is 10.2 Å². The fourth-order valence-electron chi connectivity index (χ4n) is 3.49. The Morgan fingerprint density at radius 3 is 2.63 bits per heavy atom. The molecule has 0 aromatic heterocycles. The molecule has 0 spiro atoms. The summed E-state index contributed by atoms with van der Waals surface area (Å²) >= 11 is 0. The molecule has 2 aromatic rings. The molecule has 2 aromatic carbocycles. The van der Waals surface area contributed by atoms with E-state index >= 15 is 0 Å². The van der Waals surface area contributed by atoms with Crippen molar-refractivity contribution < 1.29 is 28.2 Å². The molecule has 0 radical (unpaired) electrons. The summed E-state index contributed by atoms with van der Waals surface area (Å²) in [5.74, 6) is -0.812. The predicted octanol–water partition coefficient (Wildman–Crippen LogP) is 1.68. The number of fused-ring (bicyclic) bond motifs is 1. The number of benzene rings is 2. The molecule has 30 heavy (non-hydrogen) atoms. The Labute approximate surface area is 172 Å². The minimum atomic E-state index is -0.855. The lowest BCUT2D eigenvalue weighted by Crippen LogP contribution is -2.45. The van der Waals surface area contributed by atoms with Crippen LogP contribution in [-0.2, 0) is 14.3 Å². The fraction of sp³-hybridized carbons (Fsp3) is 0.333. The van der Waals surface area contributed by atoms with Gasteiger partial charge in [0.2, 0.25) is 6.79 Å². The van der Waals surface area contributed by atoms with Crippen molar-refractivity contribution in [2.24, 2.45) is 0 Å². The van der Waals surface area contributed by atoms with Crippen molar-refractivity contribution >= 4 is 17.5 Å². The Hall–Kier alpha value is -3.17. The van der Waals surface area contributed by atoms with Crippen LogP contribution in [0, 0.1) is 5.82 Å². The molecular weight excluding hydrogens is 393 g/mol. The van der Waals surface area contributed by atoms with E-state index in [4.69, 9.17) is 14.2 Å². The number of anilines is 1. The van der Waals surface area contributed by atoms with Crippen molar-refractivity contribution in [3.8, 4) is 11.5 Å². The number of morpholine rings is 1. The largest absolute Gasteiger partial charge is 0.454 e. The highest BCUT2D eigenvalue weighted by Crippen LogP contribution is 2.35. The van der Waals surface area contributed by atoms with Crippen LogP contribution >= 0.6 is 0 Å². The molecule has 2 aliphatic heterocycles. The van der Waals surface area contributed by atoms with Gasteiger partial charge in [-0.3, -0.25) is 14.5 Å². The van der Waals surface area contributed by atoms with Gasteiger partial charge in [0.1, 0.15) is 5.82 Å². The summed E-state index contributed by atoms with van der Waals surface area (Å²) < 4.78 is 29.5. The van der Waals surface area contributed by atoms with E-state index in [2.05, 4.69) is 15.5 Å². The van der Waals surface area contributed by atoms with E-state index < -0.39 is 17.6 Å². The maximum atomic E-state index is 13.3.